The van der Waals surface area contributed by atoms with Gasteiger partial charge in [0.15, 0.2) is 0 Å². The Morgan fingerprint density at radius 3 is 2.45 bits per heavy atom. The van der Waals surface area contributed by atoms with Gasteiger partial charge in [-0.15, -0.1) is 0 Å². The number of sulfonamides is 1. The molecule has 4 nitrogen and oxygen atoms in total. The highest BCUT2D eigenvalue weighted by molar-refractivity contribution is 7.88. The number of nitrogens with one attached hydrogen (secondary N) is 2. The first kappa shape index (κ1) is 8.89. The lowest BCUT2D eigenvalue weighted by atomic mass is 10.0. The Morgan fingerprint density at radius 2 is 2.18 bits per heavy atom. The maximum absolute atomic E-state index is 13.0. The lowest BCUT2D eigenvalue weighted by molar-refractivity contribution is 0.0962. The van der Waals surface area contributed by atoms with Crippen LogP contribution in [0.25, 0.3) is 0 Å². The summed E-state index contributed by atoms with van der Waals surface area (Å²) in [6, 6.07) is 0. The summed E-state index contributed by atoms with van der Waals surface area (Å²) in [5.41, 5.74) is -1.37. The van der Waals surface area contributed by atoms with E-state index < -0.39 is 15.7 Å². The second kappa shape index (κ2) is 2.69. The highest BCUT2D eigenvalue weighted by atomic mass is 32.2. The van der Waals surface area contributed by atoms with Crippen LogP contribution in [0.5, 0.6) is 0 Å². The Bertz CT molecular complexity index is 235. The van der Waals surface area contributed by atoms with Crippen LogP contribution in [0.1, 0.15) is 0 Å². The van der Waals surface area contributed by atoms with Gasteiger partial charge in [0.2, 0.25) is 10.0 Å². The van der Waals surface area contributed by atoms with Crippen molar-refractivity contribution in [2.24, 2.45) is 0 Å². The Morgan fingerprint density at radius 1 is 1.64 bits per heavy atom. The zero-order chi connectivity index (χ0) is 8.54. The molecule has 0 aliphatic carbocycles. The molecule has 6 heteroatoms. The number of hydrogen-bond donors (Lipinski definition) is 2. The van der Waals surface area contributed by atoms with Crippen molar-refractivity contribution in [3.05, 3.63) is 0 Å². The van der Waals surface area contributed by atoms with Crippen LogP contribution in [0, 0.1) is 0 Å². The molecule has 0 aromatic carbocycles. The standard InChI is InChI=1S/C5H11FN2O2S/c1-11(9,10)8-4-5(6)2-7-3-5/h7-8H,2-4H2,1H3. The summed E-state index contributed by atoms with van der Waals surface area (Å²) in [5.74, 6) is 0. The second-order valence-electron chi connectivity index (χ2n) is 2.85. The molecule has 0 radical (unpaired) electrons. The van der Waals surface area contributed by atoms with Gasteiger partial charge >= 0.3 is 0 Å². The molecule has 1 rings (SSSR count). The predicted molar refractivity (Wildman–Crippen MR) is 39.6 cm³/mol. The molecule has 0 bridgehead atoms. The van der Waals surface area contributed by atoms with Gasteiger partial charge in [0.1, 0.15) is 5.67 Å². The van der Waals surface area contributed by atoms with Crippen molar-refractivity contribution in [2.45, 2.75) is 5.67 Å². The third-order valence-corrected chi connectivity index (χ3v) is 2.20. The van der Waals surface area contributed by atoms with Gasteiger partial charge < -0.3 is 5.32 Å². The van der Waals surface area contributed by atoms with Crippen molar-refractivity contribution in [3.63, 3.8) is 0 Å². The maximum atomic E-state index is 13.0. The Labute approximate surface area is 65.2 Å². The topological polar surface area (TPSA) is 58.2 Å². The second-order valence-corrected chi connectivity index (χ2v) is 4.68. The Hall–Kier alpha value is -0.200. The fourth-order valence-electron chi connectivity index (χ4n) is 0.782. The van der Waals surface area contributed by atoms with E-state index in [1.165, 1.54) is 0 Å². The third kappa shape index (κ3) is 2.72. The molecule has 0 amide bonds. The smallest absolute Gasteiger partial charge is 0.208 e. The van der Waals surface area contributed by atoms with E-state index in [-0.39, 0.29) is 19.6 Å². The van der Waals surface area contributed by atoms with E-state index in [0.717, 1.165) is 6.26 Å². The zero-order valence-corrected chi connectivity index (χ0v) is 7.04. The molecule has 66 valence electrons. The van der Waals surface area contributed by atoms with E-state index in [1.54, 1.807) is 0 Å². The third-order valence-electron chi connectivity index (χ3n) is 1.53. The lowest BCUT2D eigenvalue weighted by Gasteiger charge is -2.34. The molecule has 0 aromatic heterocycles. The van der Waals surface area contributed by atoms with Crippen molar-refractivity contribution in [3.8, 4) is 0 Å². The average molecular weight is 182 g/mol. The molecule has 1 heterocycles. The van der Waals surface area contributed by atoms with Crippen molar-refractivity contribution in [1.82, 2.24) is 10.0 Å². The highest BCUT2D eigenvalue weighted by Crippen LogP contribution is 2.14. The van der Waals surface area contributed by atoms with Gasteiger partial charge in [-0.25, -0.2) is 17.5 Å². The van der Waals surface area contributed by atoms with Crippen molar-refractivity contribution >= 4 is 10.0 Å². The molecule has 0 aromatic rings. The zero-order valence-electron chi connectivity index (χ0n) is 6.22. The van der Waals surface area contributed by atoms with Gasteiger partial charge in [0.25, 0.3) is 0 Å². The minimum Gasteiger partial charge on any atom is -0.310 e. The van der Waals surface area contributed by atoms with E-state index in [2.05, 4.69) is 10.0 Å². The SMILES string of the molecule is CS(=O)(=O)NCC1(F)CNC1. The van der Waals surface area contributed by atoms with Crippen LogP contribution in [-0.4, -0.2) is 40.0 Å². The van der Waals surface area contributed by atoms with Crippen molar-refractivity contribution < 1.29 is 12.8 Å². The van der Waals surface area contributed by atoms with Crippen molar-refractivity contribution in [2.75, 3.05) is 25.9 Å². The lowest BCUT2D eigenvalue weighted by Crippen LogP contribution is -2.61. The van der Waals surface area contributed by atoms with Crippen LogP contribution in [0.3, 0.4) is 0 Å². The van der Waals surface area contributed by atoms with Crippen molar-refractivity contribution in [1.29, 1.82) is 0 Å². The molecule has 1 aliphatic heterocycles. The number of hydrogen-bond acceptors (Lipinski definition) is 3. The molecule has 1 aliphatic rings. The predicted octanol–water partition coefficient (Wildman–Crippen LogP) is -1.15. The van der Waals surface area contributed by atoms with Gasteiger partial charge in [0, 0.05) is 19.6 Å². The Kier molecular flexibility index (Phi) is 2.17. The fraction of sp³-hybridized carbons (Fsp3) is 1.00. The van der Waals surface area contributed by atoms with Gasteiger partial charge in [-0.1, -0.05) is 0 Å². The molecule has 0 saturated carbocycles. The molecule has 0 spiro atoms. The van der Waals surface area contributed by atoms with E-state index in [0.29, 0.717) is 0 Å². The maximum Gasteiger partial charge on any atom is 0.208 e. The molecular formula is C5H11FN2O2S. The minimum absolute atomic E-state index is 0.126. The molecule has 11 heavy (non-hydrogen) atoms. The summed E-state index contributed by atoms with van der Waals surface area (Å²) in [6.45, 7) is 0.337. The quantitative estimate of drug-likeness (QED) is 0.579. The minimum atomic E-state index is -3.25. The molecule has 1 saturated heterocycles. The number of rotatable bonds is 3. The summed E-state index contributed by atoms with van der Waals surface area (Å²) in [7, 11) is -3.25. The van der Waals surface area contributed by atoms with Crippen LogP contribution in [0.4, 0.5) is 4.39 Å². The van der Waals surface area contributed by atoms with Gasteiger partial charge in [-0.3, -0.25) is 0 Å². The first-order valence-corrected chi connectivity index (χ1v) is 5.15. The number of halogens is 1. The summed E-state index contributed by atoms with van der Waals surface area (Å²) in [4.78, 5) is 0. The molecule has 1 fully saturated rings. The largest absolute Gasteiger partial charge is 0.310 e. The van der Waals surface area contributed by atoms with E-state index in [4.69, 9.17) is 0 Å². The molecule has 0 atom stereocenters. The average Bonchev–Trinajstić information content (AvgIpc) is 1.77. The first-order chi connectivity index (χ1) is 4.91. The van der Waals surface area contributed by atoms with Crippen LogP contribution in [-0.2, 0) is 10.0 Å². The fourth-order valence-corrected chi connectivity index (χ4v) is 1.30. The molecule has 2 N–H and O–H groups in total. The van der Waals surface area contributed by atoms with Crippen LogP contribution < -0.4 is 10.0 Å². The van der Waals surface area contributed by atoms with E-state index in [9.17, 15) is 12.8 Å². The van der Waals surface area contributed by atoms with Gasteiger partial charge in [0.05, 0.1) is 6.26 Å². The van der Waals surface area contributed by atoms with Crippen LogP contribution in [0.2, 0.25) is 0 Å². The summed E-state index contributed by atoms with van der Waals surface area (Å²) < 4.78 is 36.2. The summed E-state index contributed by atoms with van der Waals surface area (Å²) in [5, 5.41) is 2.73. The first-order valence-electron chi connectivity index (χ1n) is 3.26. The molecular weight excluding hydrogens is 171 g/mol. The highest BCUT2D eigenvalue weighted by Gasteiger charge is 2.37. The summed E-state index contributed by atoms with van der Waals surface area (Å²) in [6.07, 6.45) is 1.02. The van der Waals surface area contributed by atoms with E-state index in [1.807, 2.05) is 0 Å². The normalized spacial score (nSPS) is 22.7. The van der Waals surface area contributed by atoms with Gasteiger partial charge in [-0.2, -0.15) is 0 Å². The van der Waals surface area contributed by atoms with Crippen LogP contribution >= 0.6 is 0 Å². The summed E-state index contributed by atoms with van der Waals surface area (Å²) >= 11 is 0. The Balaban J connectivity index is 2.33. The van der Waals surface area contributed by atoms with E-state index >= 15 is 0 Å². The van der Waals surface area contributed by atoms with Crippen LogP contribution in [0.15, 0.2) is 0 Å². The van der Waals surface area contributed by atoms with Gasteiger partial charge in [-0.05, 0) is 0 Å². The number of alkyl halides is 1. The monoisotopic (exact) mass is 182 g/mol. The molecule has 0 unspecified atom stereocenters.